The van der Waals surface area contributed by atoms with E-state index in [4.69, 9.17) is 4.74 Å². The Balaban J connectivity index is 1.53. The Kier molecular flexibility index (Phi) is 4.55. The van der Waals surface area contributed by atoms with Gasteiger partial charge in [0.05, 0.1) is 6.10 Å². The predicted molar refractivity (Wildman–Crippen MR) is 61.4 cm³/mol. The van der Waals surface area contributed by atoms with Gasteiger partial charge in [0.25, 0.3) is 0 Å². The third kappa shape index (κ3) is 3.43. The Morgan fingerprint density at radius 2 is 2.56 bits per heavy atom. The fourth-order valence-corrected chi connectivity index (χ4v) is 2.37. The molecule has 0 bridgehead atoms. The molecule has 1 atom stereocenters. The molecule has 90 valence electrons. The lowest BCUT2D eigenvalue weighted by Crippen LogP contribution is -2.28. The van der Waals surface area contributed by atoms with Gasteiger partial charge in [-0.3, -0.25) is 0 Å². The first-order chi connectivity index (χ1) is 7.86. The second kappa shape index (κ2) is 6.17. The second-order valence-electron chi connectivity index (χ2n) is 3.77. The largest absolute Gasteiger partial charge is 0.377 e. The Morgan fingerprint density at radius 1 is 1.62 bits per heavy atom. The molecule has 1 saturated heterocycles. The molecule has 1 N–H and O–H groups in total. The van der Waals surface area contributed by atoms with Gasteiger partial charge in [-0.15, -0.1) is 5.10 Å². The second-order valence-corrected chi connectivity index (χ2v) is 4.83. The summed E-state index contributed by atoms with van der Waals surface area (Å²) >= 11 is 1.66. The first kappa shape index (κ1) is 11.8. The minimum Gasteiger partial charge on any atom is -0.377 e. The van der Waals surface area contributed by atoms with Crippen molar-refractivity contribution in [1.82, 2.24) is 25.5 Å². The zero-order valence-electron chi connectivity index (χ0n) is 9.43. The van der Waals surface area contributed by atoms with Crippen LogP contribution in [0.25, 0.3) is 0 Å². The van der Waals surface area contributed by atoms with Gasteiger partial charge in [-0.2, -0.15) is 0 Å². The number of tetrazole rings is 1. The molecule has 0 saturated carbocycles. The van der Waals surface area contributed by atoms with Crippen molar-refractivity contribution in [1.29, 1.82) is 0 Å². The van der Waals surface area contributed by atoms with Crippen molar-refractivity contribution in [3.05, 3.63) is 0 Å². The topological polar surface area (TPSA) is 64.9 Å². The summed E-state index contributed by atoms with van der Waals surface area (Å²) in [4.78, 5) is 0. The van der Waals surface area contributed by atoms with E-state index in [2.05, 4.69) is 20.8 Å². The monoisotopic (exact) mass is 243 g/mol. The molecular formula is C9H17N5OS. The van der Waals surface area contributed by atoms with Crippen molar-refractivity contribution in [3.8, 4) is 0 Å². The van der Waals surface area contributed by atoms with Crippen LogP contribution in [-0.2, 0) is 11.8 Å². The van der Waals surface area contributed by atoms with Crippen LogP contribution in [0.5, 0.6) is 0 Å². The molecule has 1 aromatic rings. The summed E-state index contributed by atoms with van der Waals surface area (Å²) < 4.78 is 7.20. The third-order valence-electron chi connectivity index (χ3n) is 2.49. The lowest BCUT2D eigenvalue weighted by molar-refractivity contribution is 0.110. The number of hydrogen-bond donors (Lipinski definition) is 1. The van der Waals surface area contributed by atoms with Crippen LogP contribution >= 0.6 is 11.8 Å². The van der Waals surface area contributed by atoms with E-state index >= 15 is 0 Å². The van der Waals surface area contributed by atoms with E-state index in [0.717, 1.165) is 30.6 Å². The minimum absolute atomic E-state index is 0.418. The molecule has 2 rings (SSSR count). The molecule has 0 radical (unpaired) electrons. The zero-order valence-corrected chi connectivity index (χ0v) is 10.2. The lowest BCUT2D eigenvalue weighted by atomic mass is 10.2. The highest BCUT2D eigenvalue weighted by Crippen LogP contribution is 2.12. The minimum atomic E-state index is 0.418. The van der Waals surface area contributed by atoms with Gasteiger partial charge in [-0.25, -0.2) is 4.68 Å². The van der Waals surface area contributed by atoms with Gasteiger partial charge >= 0.3 is 0 Å². The number of ether oxygens (including phenoxy) is 1. The summed E-state index contributed by atoms with van der Waals surface area (Å²) in [6.45, 7) is 2.83. The Labute approximate surface area is 99.1 Å². The van der Waals surface area contributed by atoms with Crippen LogP contribution in [-0.4, -0.2) is 51.8 Å². The molecule has 2 heterocycles. The Morgan fingerprint density at radius 3 is 3.25 bits per heavy atom. The van der Waals surface area contributed by atoms with E-state index < -0.39 is 0 Å². The molecule has 1 fully saturated rings. The average Bonchev–Trinajstić information content (AvgIpc) is 2.90. The molecule has 0 aliphatic carbocycles. The maximum atomic E-state index is 5.52. The van der Waals surface area contributed by atoms with Crippen molar-refractivity contribution in [2.75, 3.05) is 25.4 Å². The SMILES string of the molecule is Cn1nnnc1SCCNCC1CCCO1. The molecule has 0 spiro atoms. The van der Waals surface area contributed by atoms with Gasteiger partial charge < -0.3 is 10.1 Å². The van der Waals surface area contributed by atoms with Gasteiger partial charge in [0.15, 0.2) is 0 Å². The Bertz CT molecular complexity index is 313. The van der Waals surface area contributed by atoms with E-state index in [0.29, 0.717) is 6.10 Å². The normalized spacial score (nSPS) is 20.4. The maximum Gasteiger partial charge on any atom is 0.209 e. The lowest BCUT2D eigenvalue weighted by Gasteiger charge is -2.09. The summed E-state index contributed by atoms with van der Waals surface area (Å²) in [6.07, 6.45) is 2.81. The first-order valence-electron chi connectivity index (χ1n) is 5.54. The third-order valence-corrected chi connectivity index (χ3v) is 3.50. The fraction of sp³-hybridized carbons (Fsp3) is 0.889. The number of hydrogen-bond acceptors (Lipinski definition) is 6. The van der Waals surface area contributed by atoms with Crippen LogP contribution in [0.1, 0.15) is 12.8 Å². The summed E-state index contributed by atoms with van der Waals surface area (Å²) in [5.74, 6) is 0.973. The van der Waals surface area contributed by atoms with Gasteiger partial charge in [-0.1, -0.05) is 11.8 Å². The quantitative estimate of drug-likeness (QED) is 0.563. The highest BCUT2D eigenvalue weighted by molar-refractivity contribution is 7.99. The van der Waals surface area contributed by atoms with Crippen molar-refractivity contribution in [2.45, 2.75) is 24.1 Å². The highest BCUT2D eigenvalue weighted by atomic mass is 32.2. The highest BCUT2D eigenvalue weighted by Gasteiger charge is 2.14. The summed E-state index contributed by atoms with van der Waals surface area (Å²) in [6, 6.07) is 0. The zero-order chi connectivity index (χ0) is 11.2. The summed E-state index contributed by atoms with van der Waals surface area (Å²) in [5.41, 5.74) is 0. The molecule has 0 amide bonds. The van der Waals surface area contributed by atoms with Crippen molar-refractivity contribution in [3.63, 3.8) is 0 Å². The van der Waals surface area contributed by atoms with E-state index in [-0.39, 0.29) is 0 Å². The Hall–Kier alpha value is -0.660. The average molecular weight is 243 g/mol. The van der Waals surface area contributed by atoms with Crippen molar-refractivity contribution >= 4 is 11.8 Å². The molecule has 1 aliphatic heterocycles. The van der Waals surface area contributed by atoms with Gasteiger partial charge in [0, 0.05) is 32.5 Å². The van der Waals surface area contributed by atoms with Gasteiger partial charge in [0.1, 0.15) is 0 Å². The predicted octanol–water partition coefficient (Wildman–Crippen LogP) is 0.0708. The van der Waals surface area contributed by atoms with E-state index in [9.17, 15) is 0 Å². The van der Waals surface area contributed by atoms with E-state index in [1.807, 2.05) is 7.05 Å². The van der Waals surface area contributed by atoms with Crippen LogP contribution < -0.4 is 5.32 Å². The molecular weight excluding hydrogens is 226 g/mol. The van der Waals surface area contributed by atoms with Gasteiger partial charge in [0.2, 0.25) is 5.16 Å². The molecule has 1 unspecified atom stereocenters. The van der Waals surface area contributed by atoms with Crippen LogP contribution in [0.15, 0.2) is 5.16 Å². The van der Waals surface area contributed by atoms with E-state index in [1.165, 1.54) is 12.8 Å². The molecule has 1 aromatic heterocycles. The summed E-state index contributed by atoms with van der Waals surface area (Å²) in [7, 11) is 1.85. The number of aryl methyl sites for hydroxylation is 1. The fourth-order valence-electron chi connectivity index (χ4n) is 1.63. The first-order valence-corrected chi connectivity index (χ1v) is 6.52. The number of rotatable bonds is 6. The number of aromatic nitrogens is 4. The number of thioether (sulfide) groups is 1. The van der Waals surface area contributed by atoms with E-state index in [1.54, 1.807) is 16.4 Å². The maximum absolute atomic E-state index is 5.52. The number of nitrogens with one attached hydrogen (secondary N) is 1. The molecule has 7 heteroatoms. The van der Waals surface area contributed by atoms with Crippen molar-refractivity contribution < 1.29 is 4.74 Å². The van der Waals surface area contributed by atoms with Gasteiger partial charge in [-0.05, 0) is 23.3 Å². The van der Waals surface area contributed by atoms with Crippen LogP contribution in [0, 0.1) is 0 Å². The smallest absolute Gasteiger partial charge is 0.209 e. The van der Waals surface area contributed by atoms with Crippen LogP contribution in [0.3, 0.4) is 0 Å². The number of nitrogens with zero attached hydrogens (tertiary/aromatic N) is 4. The summed E-state index contributed by atoms with van der Waals surface area (Å²) in [5, 5.41) is 15.5. The standard InChI is InChI=1S/C9H17N5OS/c1-14-9(11-12-13-14)16-6-4-10-7-8-3-2-5-15-8/h8,10H,2-7H2,1H3. The van der Waals surface area contributed by atoms with Crippen LogP contribution in [0.4, 0.5) is 0 Å². The van der Waals surface area contributed by atoms with Crippen LogP contribution in [0.2, 0.25) is 0 Å². The molecule has 6 nitrogen and oxygen atoms in total. The molecule has 1 aliphatic rings. The molecule has 16 heavy (non-hydrogen) atoms. The van der Waals surface area contributed by atoms with Crippen molar-refractivity contribution in [2.24, 2.45) is 7.05 Å². The molecule has 0 aromatic carbocycles.